The minimum absolute atomic E-state index is 0.165. The van der Waals surface area contributed by atoms with Crippen molar-refractivity contribution in [1.29, 1.82) is 0 Å². The number of rotatable bonds is 4. The minimum atomic E-state index is -4.62. The average Bonchev–Trinajstić information content (AvgIpc) is 3.40. The predicted octanol–water partition coefficient (Wildman–Crippen LogP) is 3.16. The molecule has 0 spiro atoms. The van der Waals surface area contributed by atoms with Crippen LogP contribution in [0.3, 0.4) is 0 Å². The molecule has 0 radical (unpaired) electrons. The van der Waals surface area contributed by atoms with Gasteiger partial charge in [0.25, 0.3) is 11.8 Å². The molecule has 1 aromatic carbocycles. The fourth-order valence-electron chi connectivity index (χ4n) is 3.59. The first-order valence-corrected chi connectivity index (χ1v) is 9.70. The summed E-state index contributed by atoms with van der Waals surface area (Å²) in [5.74, 6) is -0.600. The Kier molecular flexibility index (Phi) is 5.30. The number of benzene rings is 1. The molecule has 1 N–H and O–H groups in total. The van der Waals surface area contributed by atoms with E-state index in [9.17, 15) is 22.8 Å². The third-order valence-corrected chi connectivity index (χ3v) is 5.13. The van der Waals surface area contributed by atoms with Crippen LogP contribution in [0.1, 0.15) is 28.8 Å². The summed E-state index contributed by atoms with van der Waals surface area (Å²) in [5, 5.41) is 6.82. The van der Waals surface area contributed by atoms with E-state index in [1.807, 2.05) is 0 Å². The lowest BCUT2D eigenvalue weighted by atomic mass is 10.0. The molecule has 1 unspecified atom stereocenters. The molecule has 0 bridgehead atoms. The zero-order valence-corrected chi connectivity index (χ0v) is 16.6. The number of hydrogen-bond acceptors (Lipinski definition) is 3. The first-order chi connectivity index (χ1) is 14.7. The standard InChI is InChI=1S/C21H20F3N5O2/c1-27-10-6-18(26-27)29-9-4-5-17(20(29)31)25-19(30)14-11-15(21(22,23)24)13-16(12-14)28-7-2-3-8-28/h2-3,6-8,10-13,17H,4-5,9H2,1H3,(H,25,30). The summed E-state index contributed by atoms with van der Waals surface area (Å²) in [6.45, 7) is 0.462. The summed E-state index contributed by atoms with van der Waals surface area (Å²) in [6, 6.07) is 7.34. The number of halogens is 3. The van der Waals surface area contributed by atoms with Crippen LogP contribution in [0.5, 0.6) is 0 Å². The Morgan fingerprint density at radius 3 is 2.55 bits per heavy atom. The number of carbonyl (C=O) groups excluding carboxylic acids is 2. The summed E-state index contributed by atoms with van der Waals surface area (Å²) in [4.78, 5) is 27.2. The van der Waals surface area contributed by atoms with E-state index >= 15 is 0 Å². The third-order valence-electron chi connectivity index (χ3n) is 5.13. The van der Waals surface area contributed by atoms with E-state index in [0.717, 1.165) is 12.1 Å². The van der Waals surface area contributed by atoms with Crippen LogP contribution in [0.25, 0.3) is 5.69 Å². The van der Waals surface area contributed by atoms with Gasteiger partial charge in [-0.05, 0) is 43.2 Å². The molecule has 1 atom stereocenters. The molecule has 162 valence electrons. The molecule has 2 amide bonds. The minimum Gasteiger partial charge on any atom is -0.340 e. The molecule has 1 aliphatic rings. The maximum Gasteiger partial charge on any atom is 0.416 e. The monoisotopic (exact) mass is 431 g/mol. The number of nitrogens with one attached hydrogen (secondary N) is 1. The maximum absolute atomic E-state index is 13.4. The van der Waals surface area contributed by atoms with Gasteiger partial charge >= 0.3 is 6.18 Å². The topological polar surface area (TPSA) is 72.2 Å². The molecule has 1 saturated heterocycles. The van der Waals surface area contributed by atoms with E-state index in [1.165, 1.54) is 15.5 Å². The molecule has 3 heterocycles. The van der Waals surface area contributed by atoms with Crippen molar-refractivity contribution in [3.63, 3.8) is 0 Å². The molecule has 2 aromatic heterocycles. The summed E-state index contributed by atoms with van der Waals surface area (Å²) in [6.07, 6.45) is 1.30. The second-order valence-corrected chi connectivity index (χ2v) is 7.36. The second kappa shape index (κ2) is 7.93. The van der Waals surface area contributed by atoms with E-state index < -0.39 is 23.7 Å². The van der Waals surface area contributed by atoms with Crippen LogP contribution in [0, 0.1) is 0 Å². The molecule has 4 rings (SSSR count). The lowest BCUT2D eigenvalue weighted by molar-refractivity contribution is -0.137. The van der Waals surface area contributed by atoms with Crippen LogP contribution >= 0.6 is 0 Å². The normalized spacial score (nSPS) is 17.1. The van der Waals surface area contributed by atoms with Crippen LogP contribution in [0.2, 0.25) is 0 Å². The highest BCUT2D eigenvalue weighted by Crippen LogP contribution is 2.32. The Bertz CT molecular complexity index is 1100. The van der Waals surface area contributed by atoms with E-state index in [-0.39, 0.29) is 17.2 Å². The molecule has 3 aromatic rings. The van der Waals surface area contributed by atoms with Gasteiger partial charge in [0.1, 0.15) is 6.04 Å². The Labute approximate surface area is 176 Å². The first kappa shape index (κ1) is 20.7. The number of amides is 2. The van der Waals surface area contributed by atoms with Crippen molar-refractivity contribution in [2.75, 3.05) is 11.4 Å². The molecule has 7 nitrogen and oxygen atoms in total. The largest absolute Gasteiger partial charge is 0.416 e. The molecule has 0 aliphatic carbocycles. The molecule has 10 heteroatoms. The first-order valence-electron chi connectivity index (χ1n) is 9.70. The van der Waals surface area contributed by atoms with Crippen molar-refractivity contribution >= 4 is 17.6 Å². The van der Waals surface area contributed by atoms with Crippen molar-refractivity contribution in [2.45, 2.75) is 25.1 Å². The van der Waals surface area contributed by atoms with E-state index in [0.29, 0.717) is 25.2 Å². The number of aromatic nitrogens is 3. The van der Waals surface area contributed by atoms with Crippen LogP contribution in [0.4, 0.5) is 19.0 Å². The number of carbonyl (C=O) groups is 2. The molecular weight excluding hydrogens is 411 g/mol. The smallest absolute Gasteiger partial charge is 0.340 e. The number of anilines is 1. The number of nitrogens with zero attached hydrogens (tertiary/aromatic N) is 4. The summed E-state index contributed by atoms with van der Waals surface area (Å²) in [7, 11) is 1.73. The van der Waals surface area contributed by atoms with E-state index in [1.54, 1.807) is 48.5 Å². The van der Waals surface area contributed by atoms with Gasteiger partial charge in [-0.25, -0.2) is 0 Å². The lowest BCUT2D eigenvalue weighted by Gasteiger charge is -2.31. The molecule has 1 fully saturated rings. The molecular formula is C21H20F3N5O2. The van der Waals surface area contributed by atoms with Crippen LogP contribution < -0.4 is 10.2 Å². The zero-order valence-electron chi connectivity index (χ0n) is 16.6. The van der Waals surface area contributed by atoms with Gasteiger partial charge in [0.2, 0.25) is 0 Å². The van der Waals surface area contributed by atoms with Crippen molar-refractivity contribution in [2.24, 2.45) is 7.05 Å². The number of aryl methyl sites for hydroxylation is 1. The van der Waals surface area contributed by atoms with Crippen LogP contribution in [0.15, 0.2) is 55.0 Å². The summed E-state index contributed by atoms with van der Waals surface area (Å²) >= 11 is 0. The lowest BCUT2D eigenvalue weighted by Crippen LogP contribution is -2.52. The number of alkyl halides is 3. The van der Waals surface area contributed by atoms with Gasteiger partial charge < -0.3 is 9.88 Å². The molecule has 1 aliphatic heterocycles. The highest BCUT2D eigenvalue weighted by molar-refractivity contribution is 6.02. The van der Waals surface area contributed by atoms with Crippen molar-refractivity contribution in [1.82, 2.24) is 19.7 Å². The fraction of sp³-hybridized carbons (Fsp3) is 0.286. The van der Waals surface area contributed by atoms with Gasteiger partial charge in [-0.15, -0.1) is 0 Å². The van der Waals surface area contributed by atoms with Crippen LogP contribution in [-0.2, 0) is 18.0 Å². The van der Waals surface area contributed by atoms with E-state index in [4.69, 9.17) is 0 Å². The molecule has 0 saturated carbocycles. The Morgan fingerprint density at radius 2 is 1.90 bits per heavy atom. The zero-order chi connectivity index (χ0) is 22.2. The van der Waals surface area contributed by atoms with Gasteiger partial charge in [0.15, 0.2) is 5.82 Å². The highest BCUT2D eigenvalue weighted by Gasteiger charge is 2.34. The Hall–Kier alpha value is -3.56. The van der Waals surface area contributed by atoms with Crippen LogP contribution in [-0.4, -0.2) is 38.7 Å². The highest BCUT2D eigenvalue weighted by atomic mass is 19.4. The van der Waals surface area contributed by atoms with Gasteiger partial charge in [0, 0.05) is 49.5 Å². The van der Waals surface area contributed by atoms with Gasteiger partial charge in [0.05, 0.1) is 5.56 Å². The van der Waals surface area contributed by atoms with Crippen molar-refractivity contribution in [3.05, 3.63) is 66.1 Å². The van der Waals surface area contributed by atoms with Crippen molar-refractivity contribution in [3.8, 4) is 5.69 Å². The SMILES string of the molecule is Cn1ccc(N2CCCC(NC(=O)c3cc(-n4cccc4)cc(C(F)(F)F)c3)C2=O)n1. The summed E-state index contributed by atoms with van der Waals surface area (Å²) in [5.41, 5.74) is -0.898. The van der Waals surface area contributed by atoms with E-state index in [2.05, 4.69) is 10.4 Å². The quantitative estimate of drug-likeness (QED) is 0.690. The van der Waals surface area contributed by atoms with Crippen molar-refractivity contribution < 1.29 is 22.8 Å². The molecule has 31 heavy (non-hydrogen) atoms. The summed E-state index contributed by atoms with van der Waals surface area (Å²) < 4.78 is 43.3. The van der Waals surface area contributed by atoms with Gasteiger partial charge in [-0.1, -0.05) is 0 Å². The second-order valence-electron chi connectivity index (χ2n) is 7.36. The maximum atomic E-state index is 13.4. The Morgan fingerprint density at radius 1 is 1.16 bits per heavy atom. The Balaban J connectivity index is 1.59. The number of hydrogen-bond donors (Lipinski definition) is 1. The van der Waals surface area contributed by atoms with Gasteiger partial charge in [-0.2, -0.15) is 18.3 Å². The van der Waals surface area contributed by atoms with Gasteiger partial charge in [-0.3, -0.25) is 19.2 Å². The predicted molar refractivity (Wildman–Crippen MR) is 107 cm³/mol. The average molecular weight is 431 g/mol. The fourth-order valence-corrected chi connectivity index (χ4v) is 3.59. The number of piperidine rings is 1. The third kappa shape index (κ3) is 4.32.